The van der Waals surface area contributed by atoms with Gasteiger partial charge in [0.2, 0.25) is 5.91 Å². The van der Waals surface area contributed by atoms with Crippen LogP contribution in [-0.4, -0.2) is 16.3 Å². The van der Waals surface area contributed by atoms with E-state index < -0.39 is 17.0 Å². The van der Waals surface area contributed by atoms with E-state index >= 15 is 0 Å². The first kappa shape index (κ1) is 13.9. The first-order valence-corrected chi connectivity index (χ1v) is 6.65. The van der Waals surface area contributed by atoms with Crippen LogP contribution in [0, 0.1) is 11.6 Å². The molecule has 1 N–H and O–H groups in total. The standard InChI is InChI=1S/C12H9ClF2N2OS/c1-6(13)11(18)17-12-16-10(5-19-12)7-2-3-8(14)9(15)4-7/h2-6H,1H3,(H,16,17,18)/t6-/m1/s1. The van der Waals surface area contributed by atoms with Crippen molar-refractivity contribution in [3.05, 3.63) is 35.2 Å². The Kier molecular flexibility index (Phi) is 4.11. The molecule has 0 aliphatic heterocycles. The number of hydrogen-bond donors (Lipinski definition) is 1. The minimum atomic E-state index is -0.939. The maximum atomic E-state index is 13.1. The number of anilines is 1. The molecule has 1 atom stereocenters. The number of carbonyl (C=O) groups is 1. The first-order valence-electron chi connectivity index (χ1n) is 5.33. The summed E-state index contributed by atoms with van der Waals surface area (Å²) >= 11 is 6.80. The number of hydrogen-bond acceptors (Lipinski definition) is 3. The second-order valence-corrected chi connectivity index (χ2v) is 5.28. The fourth-order valence-electron chi connectivity index (χ4n) is 1.32. The number of amides is 1. The van der Waals surface area contributed by atoms with Crippen molar-refractivity contribution in [1.29, 1.82) is 0 Å². The Morgan fingerprint density at radius 2 is 2.16 bits per heavy atom. The molecule has 0 saturated carbocycles. The highest BCUT2D eigenvalue weighted by atomic mass is 35.5. The highest BCUT2D eigenvalue weighted by molar-refractivity contribution is 7.14. The summed E-state index contributed by atoms with van der Waals surface area (Å²) in [4.78, 5) is 15.5. The molecule has 1 aromatic carbocycles. The second kappa shape index (κ2) is 5.63. The predicted molar refractivity (Wildman–Crippen MR) is 71.4 cm³/mol. The Morgan fingerprint density at radius 1 is 1.42 bits per heavy atom. The number of alkyl halides is 1. The van der Waals surface area contributed by atoms with Crippen LogP contribution in [0.5, 0.6) is 0 Å². The van der Waals surface area contributed by atoms with Crippen LogP contribution in [-0.2, 0) is 4.79 Å². The molecule has 0 bridgehead atoms. The molecule has 0 fully saturated rings. The minimum absolute atomic E-state index is 0.359. The summed E-state index contributed by atoms with van der Waals surface area (Å²) < 4.78 is 25.9. The zero-order valence-electron chi connectivity index (χ0n) is 9.78. The largest absolute Gasteiger partial charge is 0.301 e. The summed E-state index contributed by atoms with van der Waals surface area (Å²) in [6, 6.07) is 3.51. The van der Waals surface area contributed by atoms with Crippen LogP contribution in [0.15, 0.2) is 23.6 Å². The van der Waals surface area contributed by atoms with E-state index in [2.05, 4.69) is 10.3 Å². The Bertz CT molecular complexity index is 616. The molecule has 0 spiro atoms. The highest BCUT2D eigenvalue weighted by Crippen LogP contribution is 2.26. The number of halogens is 3. The van der Waals surface area contributed by atoms with Gasteiger partial charge < -0.3 is 5.32 Å². The molecule has 0 radical (unpaired) electrons. The molecule has 19 heavy (non-hydrogen) atoms. The van der Waals surface area contributed by atoms with E-state index in [0.717, 1.165) is 12.1 Å². The SMILES string of the molecule is C[C@@H](Cl)C(=O)Nc1nc(-c2ccc(F)c(F)c2)cs1. The number of rotatable bonds is 3. The molecular weight excluding hydrogens is 294 g/mol. The number of nitrogens with zero attached hydrogens (tertiary/aromatic N) is 1. The molecule has 2 aromatic rings. The van der Waals surface area contributed by atoms with E-state index in [0.29, 0.717) is 16.4 Å². The summed E-state index contributed by atoms with van der Waals surface area (Å²) in [6.45, 7) is 1.54. The smallest absolute Gasteiger partial charge is 0.243 e. The van der Waals surface area contributed by atoms with Gasteiger partial charge in [-0.15, -0.1) is 22.9 Å². The molecule has 1 amide bonds. The lowest BCUT2D eigenvalue weighted by Gasteiger charge is -2.02. The van der Waals surface area contributed by atoms with Gasteiger partial charge in [0.25, 0.3) is 0 Å². The van der Waals surface area contributed by atoms with E-state index in [1.165, 1.54) is 17.4 Å². The normalized spacial score (nSPS) is 12.2. The fraction of sp³-hybridized carbons (Fsp3) is 0.167. The van der Waals surface area contributed by atoms with E-state index in [4.69, 9.17) is 11.6 Å². The topological polar surface area (TPSA) is 42.0 Å². The summed E-state index contributed by atoms with van der Waals surface area (Å²) in [7, 11) is 0. The van der Waals surface area contributed by atoms with Crippen molar-refractivity contribution in [2.75, 3.05) is 5.32 Å². The van der Waals surface area contributed by atoms with Crippen LogP contribution < -0.4 is 5.32 Å². The van der Waals surface area contributed by atoms with Gasteiger partial charge in [-0.3, -0.25) is 4.79 Å². The lowest BCUT2D eigenvalue weighted by Crippen LogP contribution is -2.20. The number of benzene rings is 1. The van der Waals surface area contributed by atoms with Gasteiger partial charge in [-0.25, -0.2) is 13.8 Å². The molecule has 7 heteroatoms. The zero-order valence-corrected chi connectivity index (χ0v) is 11.4. The van der Waals surface area contributed by atoms with Gasteiger partial charge in [-0.1, -0.05) is 0 Å². The van der Waals surface area contributed by atoms with Gasteiger partial charge in [0.1, 0.15) is 5.38 Å². The molecule has 1 aromatic heterocycles. The third-order valence-electron chi connectivity index (χ3n) is 2.31. The van der Waals surface area contributed by atoms with Crippen LogP contribution in [0.3, 0.4) is 0 Å². The Hall–Kier alpha value is -1.53. The summed E-state index contributed by atoms with van der Waals surface area (Å²) in [5, 5.41) is 3.85. The van der Waals surface area contributed by atoms with Gasteiger partial charge >= 0.3 is 0 Å². The average molecular weight is 303 g/mol. The van der Waals surface area contributed by atoms with Gasteiger partial charge in [0.05, 0.1) is 5.69 Å². The van der Waals surface area contributed by atoms with Crippen molar-refractivity contribution in [3.63, 3.8) is 0 Å². The van der Waals surface area contributed by atoms with Crippen LogP contribution in [0.25, 0.3) is 11.3 Å². The van der Waals surface area contributed by atoms with Crippen molar-refractivity contribution in [2.24, 2.45) is 0 Å². The van der Waals surface area contributed by atoms with Crippen molar-refractivity contribution in [2.45, 2.75) is 12.3 Å². The van der Waals surface area contributed by atoms with E-state index in [1.807, 2.05) is 0 Å². The van der Waals surface area contributed by atoms with E-state index in [-0.39, 0.29) is 5.91 Å². The highest BCUT2D eigenvalue weighted by Gasteiger charge is 2.13. The molecule has 0 unspecified atom stereocenters. The third-order valence-corrected chi connectivity index (χ3v) is 3.27. The van der Waals surface area contributed by atoms with Gasteiger partial charge in [-0.05, 0) is 25.1 Å². The zero-order chi connectivity index (χ0) is 14.0. The number of carbonyl (C=O) groups excluding carboxylic acids is 1. The second-order valence-electron chi connectivity index (χ2n) is 3.77. The fourth-order valence-corrected chi connectivity index (χ4v) is 2.10. The minimum Gasteiger partial charge on any atom is -0.301 e. The summed E-state index contributed by atoms with van der Waals surface area (Å²) in [6.07, 6.45) is 0. The van der Waals surface area contributed by atoms with Crippen LogP contribution in [0.4, 0.5) is 13.9 Å². The van der Waals surface area contributed by atoms with Crippen LogP contribution in [0.2, 0.25) is 0 Å². The maximum absolute atomic E-state index is 13.1. The van der Waals surface area contributed by atoms with E-state index in [1.54, 1.807) is 12.3 Å². The Labute approximate surface area is 117 Å². The molecule has 0 aliphatic carbocycles. The number of thiazole rings is 1. The Morgan fingerprint density at radius 3 is 2.79 bits per heavy atom. The van der Waals surface area contributed by atoms with Crippen LogP contribution in [0.1, 0.15) is 6.92 Å². The lowest BCUT2D eigenvalue weighted by molar-refractivity contribution is -0.115. The Balaban J connectivity index is 2.21. The van der Waals surface area contributed by atoms with Crippen molar-refractivity contribution < 1.29 is 13.6 Å². The number of aromatic nitrogens is 1. The monoisotopic (exact) mass is 302 g/mol. The molecule has 3 nitrogen and oxygen atoms in total. The van der Waals surface area contributed by atoms with Crippen molar-refractivity contribution >= 4 is 34.0 Å². The van der Waals surface area contributed by atoms with Crippen molar-refractivity contribution in [3.8, 4) is 11.3 Å². The molecule has 2 rings (SSSR count). The molecule has 1 heterocycles. The molecule has 100 valence electrons. The molecular formula is C12H9ClF2N2OS. The maximum Gasteiger partial charge on any atom is 0.243 e. The van der Waals surface area contributed by atoms with Gasteiger partial charge in [-0.2, -0.15) is 0 Å². The third kappa shape index (κ3) is 3.27. The quantitative estimate of drug-likeness (QED) is 0.879. The summed E-state index contributed by atoms with van der Waals surface area (Å²) in [5.41, 5.74) is 0.899. The summed E-state index contributed by atoms with van der Waals surface area (Å²) in [5.74, 6) is -2.22. The van der Waals surface area contributed by atoms with Gasteiger partial charge in [0.15, 0.2) is 16.8 Å². The lowest BCUT2D eigenvalue weighted by atomic mass is 10.2. The predicted octanol–water partition coefficient (Wildman–Crippen LogP) is 3.65. The average Bonchev–Trinajstić information content (AvgIpc) is 2.81. The first-order chi connectivity index (χ1) is 8.97. The molecule has 0 aliphatic rings. The van der Waals surface area contributed by atoms with E-state index in [9.17, 15) is 13.6 Å². The molecule has 0 saturated heterocycles. The van der Waals surface area contributed by atoms with Gasteiger partial charge in [0, 0.05) is 10.9 Å². The van der Waals surface area contributed by atoms with Crippen molar-refractivity contribution in [1.82, 2.24) is 4.98 Å². The number of nitrogens with one attached hydrogen (secondary N) is 1. The van der Waals surface area contributed by atoms with Crippen LogP contribution >= 0.6 is 22.9 Å².